The summed E-state index contributed by atoms with van der Waals surface area (Å²) in [6.07, 6.45) is 6.93. The van der Waals surface area contributed by atoms with Gasteiger partial charge in [-0.3, -0.25) is 9.48 Å². The van der Waals surface area contributed by atoms with Crippen molar-refractivity contribution < 1.29 is 4.79 Å². The fraction of sp³-hybridized carbons (Fsp3) is 0.733. The van der Waals surface area contributed by atoms with E-state index < -0.39 is 0 Å². The Hall–Kier alpha value is -1.36. The number of hydrogen-bond acceptors (Lipinski definition) is 3. The molecular formula is C15H24N4O. The number of amides is 1. The molecule has 1 aromatic heterocycles. The Morgan fingerprint density at radius 3 is 2.75 bits per heavy atom. The van der Waals surface area contributed by atoms with Crippen molar-refractivity contribution in [1.29, 1.82) is 0 Å². The van der Waals surface area contributed by atoms with Crippen molar-refractivity contribution >= 4 is 5.91 Å². The summed E-state index contributed by atoms with van der Waals surface area (Å²) in [7, 11) is 0. The molecule has 0 spiro atoms. The van der Waals surface area contributed by atoms with Gasteiger partial charge in [-0.1, -0.05) is 0 Å². The van der Waals surface area contributed by atoms with E-state index in [1.807, 2.05) is 10.9 Å². The van der Waals surface area contributed by atoms with Gasteiger partial charge in [0, 0.05) is 24.8 Å². The highest BCUT2D eigenvalue weighted by atomic mass is 16.2. The van der Waals surface area contributed by atoms with Crippen LogP contribution in [0.15, 0.2) is 12.4 Å². The zero-order chi connectivity index (χ0) is 14.3. The van der Waals surface area contributed by atoms with Gasteiger partial charge in [0.25, 0.3) is 5.91 Å². The van der Waals surface area contributed by atoms with Crippen molar-refractivity contribution in [1.82, 2.24) is 20.0 Å². The number of carbonyl (C=O) groups excluding carboxylic acids is 1. The molecule has 3 rings (SSSR count). The first-order chi connectivity index (χ1) is 9.47. The van der Waals surface area contributed by atoms with E-state index in [1.165, 1.54) is 0 Å². The van der Waals surface area contributed by atoms with E-state index in [9.17, 15) is 4.79 Å². The van der Waals surface area contributed by atoms with Crippen molar-refractivity contribution in [2.24, 2.45) is 0 Å². The van der Waals surface area contributed by atoms with Gasteiger partial charge in [-0.25, -0.2) is 0 Å². The minimum absolute atomic E-state index is 0.0855. The van der Waals surface area contributed by atoms with E-state index in [-0.39, 0.29) is 11.4 Å². The number of fused-ring (bicyclic) bond motifs is 2. The average molecular weight is 276 g/mol. The smallest absolute Gasteiger partial charge is 0.257 e. The molecule has 20 heavy (non-hydrogen) atoms. The van der Waals surface area contributed by atoms with Crippen LogP contribution in [0.3, 0.4) is 0 Å². The Morgan fingerprint density at radius 2 is 2.05 bits per heavy atom. The standard InChI is InChI=1S/C15H24N4O/c1-15(2,3)18-10-11(8-17-18)14(20)19-12-4-5-13(19)9-16-7-6-12/h8,10,12-13,16H,4-7,9H2,1-3H3. The summed E-state index contributed by atoms with van der Waals surface area (Å²) < 4.78 is 1.87. The van der Waals surface area contributed by atoms with E-state index in [4.69, 9.17) is 0 Å². The second-order valence-corrected chi connectivity index (χ2v) is 6.93. The van der Waals surface area contributed by atoms with Crippen molar-refractivity contribution in [3.63, 3.8) is 0 Å². The molecule has 110 valence electrons. The summed E-state index contributed by atoms with van der Waals surface area (Å²) in [6.45, 7) is 8.22. The maximum absolute atomic E-state index is 12.8. The Labute approximate surface area is 120 Å². The molecule has 2 aliphatic heterocycles. The van der Waals surface area contributed by atoms with E-state index >= 15 is 0 Å². The average Bonchev–Trinajstić information content (AvgIpc) is 2.92. The van der Waals surface area contributed by atoms with Gasteiger partial charge in [-0.15, -0.1) is 0 Å². The molecule has 0 saturated carbocycles. The minimum atomic E-state index is -0.0855. The van der Waals surface area contributed by atoms with Crippen LogP contribution in [0.25, 0.3) is 0 Å². The van der Waals surface area contributed by atoms with Crippen molar-refractivity contribution in [2.45, 2.75) is 57.7 Å². The molecule has 2 atom stereocenters. The van der Waals surface area contributed by atoms with Gasteiger partial charge in [0.1, 0.15) is 0 Å². The summed E-state index contributed by atoms with van der Waals surface area (Å²) in [6, 6.07) is 0.758. The molecule has 5 heteroatoms. The molecule has 0 aromatic carbocycles. The van der Waals surface area contributed by atoms with E-state index in [0.29, 0.717) is 12.1 Å². The first-order valence-electron chi connectivity index (χ1n) is 7.55. The normalized spacial score (nSPS) is 26.6. The summed E-state index contributed by atoms with van der Waals surface area (Å²) in [5, 5.41) is 7.78. The Balaban J connectivity index is 1.83. The largest absolute Gasteiger partial charge is 0.331 e. The molecule has 2 unspecified atom stereocenters. The first kappa shape index (κ1) is 13.6. The maximum Gasteiger partial charge on any atom is 0.257 e. The van der Waals surface area contributed by atoms with Crippen LogP contribution in [-0.4, -0.2) is 45.8 Å². The summed E-state index contributed by atoms with van der Waals surface area (Å²) in [5.74, 6) is 0.150. The lowest BCUT2D eigenvalue weighted by Gasteiger charge is -2.27. The Kier molecular flexibility index (Phi) is 3.32. The fourth-order valence-corrected chi connectivity index (χ4v) is 3.26. The third kappa shape index (κ3) is 2.35. The van der Waals surface area contributed by atoms with Crippen molar-refractivity contribution in [3.05, 3.63) is 18.0 Å². The zero-order valence-electron chi connectivity index (χ0n) is 12.6. The Morgan fingerprint density at radius 1 is 1.30 bits per heavy atom. The molecular weight excluding hydrogens is 252 g/mol. The lowest BCUT2D eigenvalue weighted by molar-refractivity contribution is 0.0680. The third-order valence-electron chi connectivity index (χ3n) is 4.41. The van der Waals surface area contributed by atoms with E-state index in [0.717, 1.165) is 37.9 Å². The second kappa shape index (κ2) is 4.88. The number of aromatic nitrogens is 2. The highest BCUT2D eigenvalue weighted by Gasteiger charge is 2.38. The zero-order valence-corrected chi connectivity index (χ0v) is 12.6. The highest BCUT2D eigenvalue weighted by Crippen LogP contribution is 2.29. The second-order valence-electron chi connectivity index (χ2n) is 6.93. The molecule has 2 aliphatic rings. The van der Waals surface area contributed by atoms with Crippen LogP contribution >= 0.6 is 0 Å². The Bertz CT molecular complexity index is 488. The van der Waals surface area contributed by atoms with Crippen molar-refractivity contribution in [2.75, 3.05) is 13.1 Å². The van der Waals surface area contributed by atoms with Gasteiger partial charge in [-0.2, -0.15) is 5.10 Å². The van der Waals surface area contributed by atoms with Crippen LogP contribution < -0.4 is 5.32 Å². The monoisotopic (exact) mass is 276 g/mol. The topological polar surface area (TPSA) is 50.2 Å². The number of nitrogens with one attached hydrogen (secondary N) is 1. The molecule has 2 saturated heterocycles. The van der Waals surface area contributed by atoms with Gasteiger partial charge in [-0.05, 0) is 46.6 Å². The number of nitrogens with zero attached hydrogens (tertiary/aromatic N) is 3. The summed E-state index contributed by atoms with van der Waals surface area (Å²) >= 11 is 0. The molecule has 5 nitrogen and oxygen atoms in total. The summed E-state index contributed by atoms with van der Waals surface area (Å²) in [5.41, 5.74) is 0.636. The minimum Gasteiger partial charge on any atom is -0.331 e. The van der Waals surface area contributed by atoms with Crippen LogP contribution in [0.1, 0.15) is 50.4 Å². The molecule has 0 radical (unpaired) electrons. The molecule has 3 heterocycles. The SMILES string of the molecule is CC(C)(C)n1cc(C(=O)N2C3CCNCC2CC3)cn1. The van der Waals surface area contributed by atoms with Gasteiger partial charge < -0.3 is 10.2 Å². The lowest BCUT2D eigenvalue weighted by Crippen LogP contribution is -2.42. The highest BCUT2D eigenvalue weighted by molar-refractivity contribution is 5.94. The quantitative estimate of drug-likeness (QED) is 0.847. The molecule has 1 N–H and O–H groups in total. The maximum atomic E-state index is 12.8. The first-order valence-corrected chi connectivity index (χ1v) is 7.55. The molecule has 2 bridgehead atoms. The third-order valence-corrected chi connectivity index (χ3v) is 4.41. The van der Waals surface area contributed by atoms with Crippen LogP contribution in [-0.2, 0) is 5.54 Å². The predicted octanol–water partition coefficient (Wildman–Crippen LogP) is 1.60. The molecule has 0 aliphatic carbocycles. The number of carbonyl (C=O) groups is 1. The van der Waals surface area contributed by atoms with Crippen LogP contribution in [0.2, 0.25) is 0 Å². The van der Waals surface area contributed by atoms with Gasteiger partial charge in [0.2, 0.25) is 0 Å². The van der Waals surface area contributed by atoms with Crippen molar-refractivity contribution in [3.8, 4) is 0 Å². The number of rotatable bonds is 1. The van der Waals surface area contributed by atoms with Gasteiger partial charge in [0.05, 0.1) is 17.3 Å². The van der Waals surface area contributed by atoms with E-state index in [1.54, 1.807) is 6.20 Å². The van der Waals surface area contributed by atoms with E-state index in [2.05, 4.69) is 36.1 Å². The molecule has 2 fully saturated rings. The summed E-state index contributed by atoms with van der Waals surface area (Å²) in [4.78, 5) is 14.9. The lowest BCUT2D eigenvalue weighted by atomic mass is 10.1. The van der Waals surface area contributed by atoms with Crippen LogP contribution in [0, 0.1) is 0 Å². The predicted molar refractivity (Wildman–Crippen MR) is 77.7 cm³/mol. The van der Waals surface area contributed by atoms with Crippen LogP contribution in [0.4, 0.5) is 0 Å². The van der Waals surface area contributed by atoms with Gasteiger partial charge in [0.15, 0.2) is 0 Å². The molecule has 1 aromatic rings. The number of hydrogen-bond donors (Lipinski definition) is 1. The molecule has 1 amide bonds. The van der Waals surface area contributed by atoms with Gasteiger partial charge >= 0.3 is 0 Å². The van der Waals surface area contributed by atoms with Crippen LogP contribution in [0.5, 0.6) is 0 Å². The fourth-order valence-electron chi connectivity index (χ4n) is 3.26.